The molecule has 1 amide bonds. The van der Waals surface area contributed by atoms with Gasteiger partial charge in [0.2, 0.25) is 5.88 Å². The summed E-state index contributed by atoms with van der Waals surface area (Å²) in [6, 6.07) is 8.58. The van der Waals surface area contributed by atoms with Gasteiger partial charge in [0.05, 0.1) is 18.2 Å². The largest absolute Gasteiger partial charge is 0.477 e. The standard InChI is InChI=1S/C19H20N4O3/c1-22-8-2-3-16(18(22)24)19(25)23-9-5-14(6-10-23)13-26-17-11-15(12-20)4-7-21-17/h2-4,7-8,11,14H,5-6,9-10,13H2,1H3. The minimum absolute atomic E-state index is 0.210. The van der Waals surface area contributed by atoms with Crippen molar-refractivity contribution in [1.29, 1.82) is 5.26 Å². The Kier molecular flexibility index (Phi) is 5.32. The van der Waals surface area contributed by atoms with Crippen LogP contribution < -0.4 is 10.3 Å². The van der Waals surface area contributed by atoms with Crippen molar-refractivity contribution in [2.45, 2.75) is 12.8 Å². The summed E-state index contributed by atoms with van der Waals surface area (Å²) in [4.78, 5) is 30.5. The smallest absolute Gasteiger partial charge is 0.263 e. The third-order valence-corrected chi connectivity index (χ3v) is 4.59. The van der Waals surface area contributed by atoms with Crippen molar-refractivity contribution in [3.8, 4) is 11.9 Å². The van der Waals surface area contributed by atoms with E-state index in [1.54, 1.807) is 48.6 Å². The van der Waals surface area contributed by atoms with Gasteiger partial charge in [-0.3, -0.25) is 9.59 Å². The number of carbonyl (C=O) groups excluding carboxylic acids is 1. The molecule has 2 aromatic rings. The van der Waals surface area contributed by atoms with E-state index in [4.69, 9.17) is 10.00 Å². The second-order valence-corrected chi connectivity index (χ2v) is 6.38. The molecule has 7 nitrogen and oxygen atoms in total. The van der Waals surface area contributed by atoms with E-state index in [1.807, 2.05) is 0 Å². The maximum atomic E-state index is 12.6. The fourth-order valence-corrected chi connectivity index (χ4v) is 2.99. The summed E-state index contributed by atoms with van der Waals surface area (Å²) < 4.78 is 7.10. The number of hydrogen-bond donors (Lipinski definition) is 0. The number of rotatable bonds is 4. The van der Waals surface area contributed by atoms with Crippen LogP contribution in [-0.2, 0) is 7.05 Å². The average Bonchev–Trinajstić information content (AvgIpc) is 2.68. The van der Waals surface area contributed by atoms with E-state index in [2.05, 4.69) is 11.1 Å². The summed E-state index contributed by atoms with van der Waals surface area (Å²) in [6.07, 6.45) is 4.79. The summed E-state index contributed by atoms with van der Waals surface area (Å²) in [5.74, 6) is 0.537. The Labute approximate surface area is 151 Å². The van der Waals surface area contributed by atoms with Crippen molar-refractivity contribution in [1.82, 2.24) is 14.5 Å². The molecule has 0 bridgehead atoms. The van der Waals surface area contributed by atoms with Gasteiger partial charge in [-0.2, -0.15) is 5.26 Å². The van der Waals surface area contributed by atoms with Gasteiger partial charge in [-0.25, -0.2) is 4.98 Å². The lowest BCUT2D eigenvalue weighted by molar-refractivity contribution is 0.0657. The highest BCUT2D eigenvalue weighted by Gasteiger charge is 2.25. The molecule has 0 unspecified atom stereocenters. The summed E-state index contributed by atoms with van der Waals surface area (Å²) in [6.45, 7) is 1.68. The molecule has 0 N–H and O–H groups in total. The first-order valence-corrected chi connectivity index (χ1v) is 8.52. The Balaban J connectivity index is 1.54. The maximum Gasteiger partial charge on any atom is 0.263 e. The van der Waals surface area contributed by atoms with E-state index in [1.165, 1.54) is 4.57 Å². The van der Waals surface area contributed by atoms with Crippen LogP contribution in [0.4, 0.5) is 0 Å². The van der Waals surface area contributed by atoms with Gasteiger partial charge in [-0.05, 0) is 37.0 Å². The van der Waals surface area contributed by atoms with Gasteiger partial charge in [0, 0.05) is 38.6 Å². The van der Waals surface area contributed by atoms with E-state index in [9.17, 15) is 9.59 Å². The van der Waals surface area contributed by atoms with Crippen molar-refractivity contribution in [3.05, 3.63) is 58.1 Å². The highest BCUT2D eigenvalue weighted by Crippen LogP contribution is 2.20. The quantitative estimate of drug-likeness (QED) is 0.834. The molecule has 0 spiro atoms. The minimum Gasteiger partial charge on any atom is -0.477 e. The maximum absolute atomic E-state index is 12.6. The molecule has 0 radical (unpaired) electrons. The third-order valence-electron chi connectivity index (χ3n) is 4.59. The fraction of sp³-hybridized carbons (Fsp3) is 0.368. The lowest BCUT2D eigenvalue weighted by Crippen LogP contribution is -2.42. The second-order valence-electron chi connectivity index (χ2n) is 6.38. The van der Waals surface area contributed by atoms with E-state index >= 15 is 0 Å². The average molecular weight is 352 g/mol. The summed E-state index contributed by atoms with van der Waals surface area (Å²) in [5, 5.41) is 8.90. The first-order chi connectivity index (χ1) is 12.6. The Bertz CT molecular complexity index is 892. The molecule has 2 aromatic heterocycles. The Morgan fingerprint density at radius 3 is 2.88 bits per heavy atom. The normalized spacial score (nSPS) is 14.7. The SMILES string of the molecule is Cn1cccc(C(=O)N2CCC(COc3cc(C#N)ccn3)CC2)c1=O. The van der Waals surface area contributed by atoms with Crippen molar-refractivity contribution < 1.29 is 9.53 Å². The number of hydrogen-bond acceptors (Lipinski definition) is 5. The molecule has 1 aliphatic rings. The minimum atomic E-state index is -0.272. The Hall–Kier alpha value is -3.14. The van der Waals surface area contributed by atoms with Gasteiger partial charge in [-0.15, -0.1) is 0 Å². The molecule has 3 rings (SSSR count). The molecule has 1 saturated heterocycles. The van der Waals surface area contributed by atoms with Crippen LogP contribution in [-0.4, -0.2) is 40.1 Å². The zero-order valence-electron chi connectivity index (χ0n) is 14.6. The van der Waals surface area contributed by atoms with E-state index in [0.717, 1.165) is 12.8 Å². The van der Waals surface area contributed by atoms with Crippen LogP contribution in [0.1, 0.15) is 28.8 Å². The number of amides is 1. The van der Waals surface area contributed by atoms with Gasteiger partial charge < -0.3 is 14.2 Å². The van der Waals surface area contributed by atoms with Gasteiger partial charge in [0.15, 0.2) is 0 Å². The molecule has 7 heteroatoms. The van der Waals surface area contributed by atoms with Crippen LogP contribution in [0.3, 0.4) is 0 Å². The van der Waals surface area contributed by atoms with E-state index in [0.29, 0.717) is 37.1 Å². The molecule has 0 saturated carbocycles. The van der Waals surface area contributed by atoms with Gasteiger partial charge >= 0.3 is 0 Å². The Morgan fingerprint density at radius 2 is 2.15 bits per heavy atom. The van der Waals surface area contributed by atoms with Crippen molar-refractivity contribution in [3.63, 3.8) is 0 Å². The number of likely N-dealkylation sites (tertiary alicyclic amines) is 1. The van der Waals surface area contributed by atoms with Gasteiger partial charge in [0.25, 0.3) is 11.5 Å². The highest BCUT2D eigenvalue weighted by atomic mass is 16.5. The molecule has 0 aromatic carbocycles. The number of piperidine rings is 1. The lowest BCUT2D eigenvalue weighted by atomic mass is 9.97. The number of pyridine rings is 2. The first kappa shape index (κ1) is 17.7. The van der Waals surface area contributed by atoms with Crippen LogP contribution in [0.5, 0.6) is 5.88 Å². The zero-order valence-corrected chi connectivity index (χ0v) is 14.6. The summed E-state index contributed by atoms with van der Waals surface area (Å²) >= 11 is 0. The number of carbonyl (C=O) groups is 1. The van der Waals surface area contributed by atoms with E-state index < -0.39 is 0 Å². The zero-order chi connectivity index (χ0) is 18.5. The number of aromatic nitrogens is 2. The van der Waals surface area contributed by atoms with Crippen LogP contribution in [0.25, 0.3) is 0 Å². The van der Waals surface area contributed by atoms with Crippen molar-refractivity contribution in [2.24, 2.45) is 13.0 Å². The van der Waals surface area contributed by atoms with Gasteiger partial charge in [-0.1, -0.05) is 0 Å². The molecule has 3 heterocycles. The predicted octanol–water partition coefficient (Wildman–Crippen LogP) is 1.58. The molecule has 0 aliphatic carbocycles. The molecular formula is C19H20N4O3. The second kappa shape index (κ2) is 7.83. The lowest BCUT2D eigenvalue weighted by Gasteiger charge is -2.31. The number of nitriles is 1. The van der Waals surface area contributed by atoms with Gasteiger partial charge in [0.1, 0.15) is 5.56 Å². The first-order valence-electron chi connectivity index (χ1n) is 8.52. The number of ether oxygens (including phenoxy) is 1. The monoisotopic (exact) mass is 352 g/mol. The van der Waals surface area contributed by atoms with E-state index in [-0.39, 0.29) is 17.0 Å². The van der Waals surface area contributed by atoms with Crippen LogP contribution in [0, 0.1) is 17.2 Å². The summed E-state index contributed by atoms with van der Waals surface area (Å²) in [7, 11) is 1.64. The van der Waals surface area contributed by atoms with Crippen molar-refractivity contribution >= 4 is 5.91 Å². The summed E-state index contributed by atoms with van der Waals surface area (Å²) in [5.41, 5.74) is 0.452. The van der Waals surface area contributed by atoms with Crippen LogP contribution >= 0.6 is 0 Å². The van der Waals surface area contributed by atoms with Crippen LogP contribution in [0.15, 0.2) is 41.5 Å². The van der Waals surface area contributed by atoms with Crippen LogP contribution in [0.2, 0.25) is 0 Å². The molecule has 26 heavy (non-hydrogen) atoms. The Morgan fingerprint density at radius 1 is 1.38 bits per heavy atom. The number of aryl methyl sites for hydroxylation is 1. The third kappa shape index (κ3) is 3.91. The molecule has 1 fully saturated rings. The fourth-order valence-electron chi connectivity index (χ4n) is 2.99. The molecular weight excluding hydrogens is 332 g/mol. The molecule has 1 aliphatic heterocycles. The highest BCUT2D eigenvalue weighted by molar-refractivity contribution is 5.93. The number of nitrogens with zero attached hydrogens (tertiary/aromatic N) is 4. The molecule has 0 atom stereocenters. The topological polar surface area (TPSA) is 88.2 Å². The molecule has 134 valence electrons. The van der Waals surface area contributed by atoms with Crippen molar-refractivity contribution in [2.75, 3.05) is 19.7 Å². The predicted molar refractivity (Wildman–Crippen MR) is 94.8 cm³/mol.